The van der Waals surface area contributed by atoms with Crippen molar-refractivity contribution in [3.8, 4) is 5.75 Å². The number of nitrogens with zero attached hydrogens (tertiary/aromatic N) is 4. The fraction of sp³-hybridized carbons (Fsp3) is 0.261. The zero-order chi connectivity index (χ0) is 22.1. The minimum absolute atomic E-state index is 0.360. The highest BCUT2D eigenvalue weighted by molar-refractivity contribution is 5.74. The second kappa shape index (κ2) is 8.14. The number of hydrogen-bond acceptors (Lipinski definition) is 5. The molecule has 0 radical (unpaired) electrons. The molecular weight excluding hydrogens is 394 g/mol. The number of imidazole rings is 1. The molecule has 1 N–H and O–H groups in total. The van der Waals surface area contributed by atoms with Crippen LogP contribution < -0.4 is 21.3 Å². The van der Waals surface area contributed by atoms with E-state index in [-0.39, 0.29) is 5.56 Å². The van der Waals surface area contributed by atoms with Gasteiger partial charge in [-0.1, -0.05) is 36.4 Å². The van der Waals surface area contributed by atoms with Gasteiger partial charge in [0.25, 0.3) is 5.56 Å². The number of methoxy groups -OCH3 is 1. The first-order valence-electron chi connectivity index (χ1n) is 9.98. The summed E-state index contributed by atoms with van der Waals surface area (Å²) in [5.41, 5.74) is 3.22. The van der Waals surface area contributed by atoms with E-state index < -0.39 is 5.69 Å². The van der Waals surface area contributed by atoms with Crippen molar-refractivity contribution >= 4 is 17.1 Å². The number of anilines is 1. The summed E-state index contributed by atoms with van der Waals surface area (Å²) < 4.78 is 9.58. The van der Waals surface area contributed by atoms with E-state index in [1.165, 1.54) is 11.6 Å². The second-order valence-electron chi connectivity index (χ2n) is 7.53. The molecular formula is C23H25N5O3. The van der Waals surface area contributed by atoms with Crippen LogP contribution in [0.15, 0.2) is 58.1 Å². The van der Waals surface area contributed by atoms with E-state index in [4.69, 9.17) is 4.74 Å². The van der Waals surface area contributed by atoms with Crippen LogP contribution in [0.2, 0.25) is 0 Å². The number of aryl methyl sites for hydroxylation is 2. The summed E-state index contributed by atoms with van der Waals surface area (Å²) in [6, 6.07) is 15.7. The molecule has 0 unspecified atom stereocenters. The fourth-order valence-electron chi connectivity index (χ4n) is 3.62. The van der Waals surface area contributed by atoms with Gasteiger partial charge in [-0.05, 0) is 35.7 Å². The Bertz CT molecular complexity index is 1360. The first-order chi connectivity index (χ1) is 14.9. The van der Waals surface area contributed by atoms with Crippen LogP contribution in [0.5, 0.6) is 5.75 Å². The molecule has 0 amide bonds. The van der Waals surface area contributed by atoms with Crippen LogP contribution in [0.4, 0.5) is 5.95 Å². The van der Waals surface area contributed by atoms with Crippen molar-refractivity contribution in [1.29, 1.82) is 0 Å². The Kier molecular flexibility index (Phi) is 5.37. The van der Waals surface area contributed by atoms with E-state index in [0.717, 1.165) is 27.0 Å². The zero-order valence-electron chi connectivity index (χ0n) is 18.0. The first-order valence-corrected chi connectivity index (χ1v) is 9.98. The van der Waals surface area contributed by atoms with Gasteiger partial charge in [0.15, 0.2) is 11.2 Å². The van der Waals surface area contributed by atoms with Crippen molar-refractivity contribution in [3.05, 3.63) is 86.1 Å². The summed E-state index contributed by atoms with van der Waals surface area (Å²) in [4.78, 5) is 30.0. The monoisotopic (exact) mass is 419 g/mol. The maximum Gasteiger partial charge on any atom is 0.332 e. The number of fused-ring (bicyclic) bond motifs is 1. The number of benzene rings is 2. The molecule has 0 aliphatic carbocycles. The first kappa shape index (κ1) is 20.5. The highest BCUT2D eigenvalue weighted by Crippen LogP contribution is 2.20. The predicted molar refractivity (Wildman–Crippen MR) is 121 cm³/mol. The van der Waals surface area contributed by atoms with Crippen LogP contribution >= 0.6 is 0 Å². The number of hydrogen-bond donors (Lipinski definition) is 1. The van der Waals surface area contributed by atoms with Crippen LogP contribution in [-0.2, 0) is 27.2 Å². The van der Waals surface area contributed by atoms with E-state index in [0.29, 0.717) is 30.2 Å². The standard InChI is InChI=1S/C23H25N5O3/c1-15-7-5-6-8-17(15)14-28-19-20(26(2)23(30)27(3)21(19)29)25-22(28)24-13-16-9-11-18(31-4)12-10-16/h5-12H,13-14H2,1-4H3,(H,24,25). The van der Waals surface area contributed by atoms with E-state index in [1.807, 2.05) is 60.0 Å². The van der Waals surface area contributed by atoms with Crippen LogP contribution in [0.3, 0.4) is 0 Å². The van der Waals surface area contributed by atoms with Gasteiger partial charge in [-0.3, -0.25) is 18.5 Å². The molecule has 160 valence electrons. The van der Waals surface area contributed by atoms with Gasteiger partial charge in [0.1, 0.15) is 5.75 Å². The third-order valence-electron chi connectivity index (χ3n) is 5.55. The second-order valence-corrected chi connectivity index (χ2v) is 7.53. The van der Waals surface area contributed by atoms with Gasteiger partial charge in [-0.25, -0.2) is 4.79 Å². The Hall–Kier alpha value is -3.81. The SMILES string of the molecule is COc1ccc(CNc2nc3c(c(=O)n(C)c(=O)n3C)n2Cc2ccccc2C)cc1. The molecule has 0 bridgehead atoms. The van der Waals surface area contributed by atoms with Crippen LogP contribution in [0.25, 0.3) is 11.2 Å². The maximum absolute atomic E-state index is 13.0. The molecule has 8 nitrogen and oxygen atoms in total. The molecule has 0 aliphatic rings. The minimum atomic E-state index is -0.403. The van der Waals surface area contributed by atoms with Crippen molar-refractivity contribution in [2.75, 3.05) is 12.4 Å². The number of aromatic nitrogens is 4. The lowest BCUT2D eigenvalue weighted by atomic mass is 10.1. The number of rotatable bonds is 6. The van der Waals surface area contributed by atoms with Crippen molar-refractivity contribution in [1.82, 2.24) is 18.7 Å². The quantitative estimate of drug-likeness (QED) is 0.519. The Labute approximate surface area is 179 Å². The Morgan fingerprint density at radius 2 is 1.71 bits per heavy atom. The molecule has 31 heavy (non-hydrogen) atoms. The minimum Gasteiger partial charge on any atom is -0.497 e. The molecule has 0 atom stereocenters. The summed E-state index contributed by atoms with van der Waals surface area (Å²) >= 11 is 0. The average Bonchev–Trinajstić information content (AvgIpc) is 3.15. The maximum atomic E-state index is 13.0. The molecule has 4 rings (SSSR count). The van der Waals surface area contributed by atoms with Crippen LogP contribution in [0.1, 0.15) is 16.7 Å². The highest BCUT2D eigenvalue weighted by atomic mass is 16.5. The van der Waals surface area contributed by atoms with Gasteiger partial charge in [0, 0.05) is 20.6 Å². The Morgan fingerprint density at radius 3 is 2.39 bits per heavy atom. The zero-order valence-corrected chi connectivity index (χ0v) is 18.0. The summed E-state index contributed by atoms with van der Waals surface area (Å²) in [7, 11) is 4.74. The van der Waals surface area contributed by atoms with Crippen molar-refractivity contribution < 1.29 is 4.74 Å². The van der Waals surface area contributed by atoms with Gasteiger partial charge >= 0.3 is 5.69 Å². The molecule has 0 saturated heterocycles. The van der Waals surface area contributed by atoms with E-state index in [9.17, 15) is 9.59 Å². The molecule has 2 aromatic carbocycles. The lowest BCUT2D eigenvalue weighted by molar-refractivity contribution is 0.414. The summed E-state index contributed by atoms with van der Waals surface area (Å²) in [6.45, 7) is 3.00. The normalized spacial score (nSPS) is 11.1. The summed E-state index contributed by atoms with van der Waals surface area (Å²) in [6.07, 6.45) is 0. The highest BCUT2D eigenvalue weighted by Gasteiger charge is 2.19. The van der Waals surface area contributed by atoms with Gasteiger partial charge in [-0.15, -0.1) is 0 Å². The number of nitrogens with one attached hydrogen (secondary N) is 1. The van der Waals surface area contributed by atoms with E-state index in [2.05, 4.69) is 10.3 Å². The lowest BCUT2D eigenvalue weighted by Crippen LogP contribution is -2.37. The largest absolute Gasteiger partial charge is 0.497 e. The lowest BCUT2D eigenvalue weighted by Gasteiger charge is -2.13. The van der Waals surface area contributed by atoms with Crippen LogP contribution in [-0.4, -0.2) is 25.8 Å². The molecule has 8 heteroatoms. The molecule has 0 fully saturated rings. The number of ether oxygens (including phenoxy) is 1. The smallest absolute Gasteiger partial charge is 0.332 e. The van der Waals surface area contributed by atoms with Crippen molar-refractivity contribution in [2.45, 2.75) is 20.0 Å². The third kappa shape index (κ3) is 3.72. The van der Waals surface area contributed by atoms with Gasteiger partial charge in [0.2, 0.25) is 5.95 Å². The molecule has 2 heterocycles. The molecule has 4 aromatic rings. The molecule has 0 saturated carbocycles. The molecule has 2 aromatic heterocycles. The van der Waals surface area contributed by atoms with Gasteiger partial charge in [0.05, 0.1) is 13.7 Å². The summed E-state index contributed by atoms with van der Waals surface area (Å²) in [5.74, 6) is 1.32. The molecule has 0 spiro atoms. The topological polar surface area (TPSA) is 83.1 Å². The van der Waals surface area contributed by atoms with Crippen molar-refractivity contribution in [3.63, 3.8) is 0 Å². The van der Waals surface area contributed by atoms with E-state index in [1.54, 1.807) is 14.2 Å². The third-order valence-corrected chi connectivity index (χ3v) is 5.55. The van der Waals surface area contributed by atoms with Gasteiger partial charge in [-0.2, -0.15) is 4.98 Å². The average molecular weight is 419 g/mol. The summed E-state index contributed by atoms with van der Waals surface area (Å²) in [5, 5.41) is 3.34. The molecule has 0 aliphatic heterocycles. The van der Waals surface area contributed by atoms with E-state index >= 15 is 0 Å². The van der Waals surface area contributed by atoms with Crippen molar-refractivity contribution in [2.24, 2.45) is 14.1 Å². The Morgan fingerprint density at radius 1 is 1.00 bits per heavy atom. The predicted octanol–water partition coefficient (Wildman–Crippen LogP) is 2.41. The van der Waals surface area contributed by atoms with Gasteiger partial charge < -0.3 is 10.1 Å². The Balaban J connectivity index is 1.81. The fourth-order valence-corrected chi connectivity index (χ4v) is 3.62. The van der Waals surface area contributed by atoms with Crippen LogP contribution in [0, 0.1) is 6.92 Å².